The molecular weight excluding hydrogens is 1030 g/mol. The highest BCUT2D eigenvalue weighted by molar-refractivity contribution is 6.36. The van der Waals surface area contributed by atoms with Crippen molar-refractivity contribution in [3.05, 3.63) is 116 Å². The van der Waals surface area contributed by atoms with Crippen LogP contribution in [0.5, 0.6) is 11.5 Å². The largest absolute Gasteiger partial charge is 0.482 e. The summed E-state index contributed by atoms with van der Waals surface area (Å²) >= 11 is 24.6. The number of pyridine rings is 2. The van der Waals surface area contributed by atoms with Gasteiger partial charge in [0.25, 0.3) is 0 Å². The third-order valence-corrected chi connectivity index (χ3v) is 13.6. The highest BCUT2D eigenvalue weighted by atomic mass is 35.5. The number of methoxy groups -OCH3 is 1. The minimum atomic E-state index is -0.670. The summed E-state index contributed by atoms with van der Waals surface area (Å²) in [6, 6.07) is 8.39. The number of hydrogen-bond acceptors (Lipinski definition) is 13. The number of anilines is 2. The van der Waals surface area contributed by atoms with Crippen LogP contribution in [0.2, 0.25) is 20.1 Å². The number of aromatic amines is 2. The van der Waals surface area contributed by atoms with Gasteiger partial charge in [0.05, 0.1) is 59.8 Å². The average molecular weight is 1090 g/mol. The van der Waals surface area contributed by atoms with Gasteiger partial charge in [0.1, 0.15) is 29.9 Å². The van der Waals surface area contributed by atoms with Crippen LogP contribution in [0.4, 0.5) is 20.4 Å². The number of esters is 1. The van der Waals surface area contributed by atoms with Gasteiger partial charge >= 0.3 is 5.97 Å². The Kier molecular flexibility index (Phi) is 20.4. The highest BCUT2D eigenvalue weighted by Gasteiger charge is 2.37. The molecule has 0 radical (unpaired) electrons. The third kappa shape index (κ3) is 14.1. The lowest BCUT2D eigenvalue weighted by molar-refractivity contribution is -0.770. The molecule has 6 atom stereocenters. The molecule has 6 aromatic rings. The van der Waals surface area contributed by atoms with Gasteiger partial charge in [0, 0.05) is 77.8 Å². The fourth-order valence-electron chi connectivity index (χ4n) is 8.28. The second-order valence-corrected chi connectivity index (χ2v) is 18.5. The van der Waals surface area contributed by atoms with Crippen molar-refractivity contribution in [1.82, 2.24) is 36.1 Å². The van der Waals surface area contributed by atoms with E-state index in [1.807, 2.05) is 34.2 Å². The van der Waals surface area contributed by atoms with Crippen molar-refractivity contribution in [1.29, 1.82) is 0 Å². The first-order valence-corrected chi connectivity index (χ1v) is 24.8. The van der Waals surface area contributed by atoms with Crippen LogP contribution in [0.1, 0.15) is 74.9 Å². The molecule has 18 nitrogen and oxygen atoms in total. The first kappa shape index (κ1) is 56.5. The summed E-state index contributed by atoms with van der Waals surface area (Å²) in [5.41, 5.74) is 20.5. The van der Waals surface area contributed by atoms with Crippen molar-refractivity contribution in [2.75, 3.05) is 59.0 Å². The van der Waals surface area contributed by atoms with Crippen molar-refractivity contribution >= 4 is 69.9 Å². The molecule has 392 valence electrons. The molecule has 3 aliphatic rings. The molecule has 3 fully saturated rings. The smallest absolute Gasteiger partial charge is 0.323 e. The molecule has 0 bridgehead atoms. The van der Waals surface area contributed by atoms with E-state index in [4.69, 9.17) is 76.8 Å². The average Bonchev–Trinajstić information content (AvgIpc) is 4.26. The summed E-state index contributed by atoms with van der Waals surface area (Å²) in [7, 11) is 4.50. The highest BCUT2D eigenvalue weighted by Crippen LogP contribution is 2.39. The summed E-state index contributed by atoms with van der Waals surface area (Å²) in [5.74, 6) is -0.458. The Bertz CT molecular complexity index is 2650. The Morgan fingerprint density at radius 1 is 0.740 bits per heavy atom. The van der Waals surface area contributed by atoms with Crippen LogP contribution < -0.4 is 52.0 Å². The van der Waals surface area contributed by atoms with Gasteiger partial charge in [-0.05, 0) is 70.1 Å². The molecule has 11 N–H and O–H groups in total. The molecule has 6 unspecified atom stereocenters. The third-order valence-electron chi connectivity index (χ3n) is 12.2. The molecular formula is C49H60Cl4F2N12O6+2. The van der Waals surface area contributed by atoms with Gasteiger partial charge in [-0.2, -0.15) is 10.2 Å². The van der Waals surface area contributed by atoms with E-state index in [1.165, 1.54) is 51.3 Å². The lowest BCUT2D eigenvalue weighted by atomic mass is 10.1. The number of halogens is 6. The number of nitrogens with one attached hydrogen (secondary N) is 5. The predicted octanol–water partition coefficient (Wildman–Crippen LogP) is 7.16. The topological polar surface area (TPSA) is 250 Å². The molecule has 0 spiro atoms. The van der Waals surface area contributed by atoms with E-state index in [2.05, 4.69) is 41.8 Å². The second-order valence-electron chi connectivity index (χ2n) is 16.9. The number of nitrogens with two attached hydrogens (primary N) is 3. The summed E-state index contributed by atoms with van der Waals surface area (Å²) < 4.78 is 53.4. The standard InChI is InChI=1S/C22H23Cl2FN6O2.C22H22Cl2FN5O3.C4H8O.CH5N/c1-11(19-15(23)3-4-16(25)20(19)24)33-18-5-12(7-29-21(18)26)13-8-30-31(10-13)14-6-17(28-9-14)22(32)27-2;1-11(19-15(23)3-4-16(25)20(19)24)33-18-5-12(7-28-21(18)26)13-8-29-30(10-13)14-6-17(27-9-14)22(31)32-2;1-2-4-5-3-1;1-2/h3-5,7-8,10-11,14,17,28H,6,9H2,1-2H3,(H3,26,27,29,32);3-5,7-8,10-11,14,17,27H,6,9H2,1-2H3,(H2,26,28);1-4H2;2H2,1H3/p+2. The number of aromatic nitrogens is 6. The van der Waals surface area contributed by atoms with Crippen molar-refractivity contribution < 1.29 is 46.7 Å². The van der Waals surface area contributed by atoms with Gasteiger partial charge in [-0.15, -0.1) is 9.36 Å². The summed E-state index contributed by atoms with van der Waals surface area (Å²) in [5, 5.41) is 15.9. The zero-order chi connectivity index (χ0) is 52.9. The van der Waals surface area contributed by atoms with Crippen molar-refractivity contribution in [2.45, 2.75) is 75.9 Å². The Morgan fingerprint density at radius 2 is 1.18 bits per heavy atom. The van der Waals surface area contributed by atoms with Crippen molar-refractivity contribution in [3.8, 4) is 33.8 Å². The molecule has 2 aromatic carbocycles. The molecule has 7 heterocycles. The van der Waals surface area contributed by atoms with Gasteiger partial charge in [0.15, 0.2) is 35.2 Å². The van der Waals surface area contributed by atoms with E-state index in [-0.39, 0.29) is 57.7 Å². The first-order chi connectivity index (χ1) is 35.1. The molecule has 3 saturated heterocycles. The number of carbonyl (C=O) groups is 2. The van der Waals surface area contributed by atoms with E-state index in [0.717, 1.165) is 35.5 Å². The molecule has 4 aromatic heterocycles. The number of hydrogen-bond donors (Lipinski definition) is 8. The van der Waals surface area contributed by atoms with Gasteiger partial charge < -0.3 is 41.5 Å². The summed E-state index contributed by atoms with van der Waals surface area (Å²) in [6.45, 7) is 6.71. The fraction of sp³-hybridized carbons (Fsp3) is 0.388. The van der Waals surface area contributed by atoms with Gasteiger partial charge in [-0.3, -0.25) is 20.2 Å². The Morgan fingerprint density at radius 3 is 1.59 bits per heavy atom. The monoisotopic (exact) mass is 1090 g/mol. The van der Waals surface area contributed by atoms with Gasteiger partial charge in [-0.25, -0.2) is 18.7 Å². The van der Waals surface area contributed by atoms with Crippen LogP contribution in [-0.4, -0.2) is 91.6 Å². The number of amides is 1. The fourth-order valence-corrected chi connectivity index (χ4v) is 9.64. The van der Waals surface area contributed by atoms with Crippen LogP contribution >= 0.6 is 46.4 Å². The lowest BCUT2D eigenvalue weighted by Gasteiger charge is -2.19. The number of nitrogens with zero attached hydrogens (tertiary/aromatic N) is 4. The zero-order valence-corrected chi connectivity index (χ0v) is 43.8. The summed E-state index contributed by atoms with van der Waals surface area (Å²) in [6.07, 6.45) is 13.3. The summed E-state index contributed by atoms with van der Waals surface area (Å²) in [4.78, 5) is 32.1. The number of H-pyrrole nitrogens is 2. The molecule has 73 heavy (non-hydrogen) atoms. The van der Waals surface area contributed by atoms with Crippen LogP contribution in [0.25, 0.3) is 22.3 Å². The Balaban J connectivity index is 0.000000210. The Hall–Kier alpha value is -5.84. The number of ether oxygens (including phenoxy) is 4. The van der Waals surface area contributed by atoms with E-state index >= 15 is 0 Å². The quantitative estimate of drug-likeness (QED) is 0.0345. The van der Waals surface area contributed by atoms with Crippen LogP contribution in [-0.2, 0) is 19.1 Å². The van der Waals surface area contributed by atoms with Gasteiger partial charge in [-0.1, -0.05) is 46.4 Å². The number of likely N-dealkylation sites (N-methyl/N-ethyl adjacent to an activating group) is 1. The van der Waals surface area contributed by atoms with Crippen LogP contribution in [0, 0.1) is 11.6 Å². The maximum atomic E-state index is 13.9. The molecule has 1 amide bonds. The molecule has 3 aliphatic heterocycles. The zero-order valence-electron chi connectivity index (χ0n) is 40.8. The van der Waals surface area contributed by atoms with E-state index in [0.29, 0.717) is 58.6 Å². The van der Waals surface area contributed by atoms with Crippen LogP contribution in [0.3, 0.4) is 0 Å². The van der Waals surface area contributed by atoms with Crippen molar-refractivity contribution in [2.24, 2.45) is 5.73 Å². The molecule has 9 rings (SSSR count). The minimum Gasteiger partial charge on any atom is -0.482 e. The van der Waals surface area contributed by atoms with E-state index < -0.39 is 23.8 Å². The molecule has 0 aliphatic carbocycles. The van der Waals surface area contributed by atoms with E-state index in [1.54, 1.807) is 45.4 Å². The molecule has 0 saturated carbocycles. The normalized spacial score (nSPS) is 18.7. The first-order valence-electron chi connectivity index (χ1n) is 23.3. The number of nitrogen functional groups attached to an aromatic ring is 2. The lowest BCUT2D eigenvalue weighted by Crippen LogP contribution is -2.41. The maximum Gasteiger partial charge on any atom is 0.323 e. The number of carbonyl (C=O) groups excluding carboxylic acids is 2. The molecule has 24 heteroatoms. The van der Waals surface area contributed by atoms with Crippen molar-refractivity contribution in [3.63, 3.8) is 0 Å². The SMILES string of the molecule is C1CCOC1.CN.CNC(=O)C1CC([n+]2cc(-c3cnc(N)c(OC(C)c4c(Cl)ccc(F)c4Cl)c3)c[nH]2)CN1.COC(=O)C1CC([n+]2cc(-c3cnc(N)c(OC(C)c4c(Cl)ccc(F)c4Cl)c3)c[nH]2)CN1. The van der Waals surface area contributed by atoms with Gasteiger partial charge in [0.2, 0.25) is 18.3 Å². The minimum absolute atomic E-state index is 0.0259. The maximum absolute atomic E-state index is 13.9. The number of benzene rings is 2. The predicted molar refractivity (Wildman–Crippen MR) is 275 cm³/mol. The number of rotatable bonds is 12. The Labute approximate surface area is 441 Å². The second kappa shape index (κ2) is 26.4. The van der Waals surface area contributed by atoms with E-state index in [9.17, 15) is 18.4 Å². The van der Waals surface area contributed by atoms with Crippen LogP contribution in [0.15, 0.2) is 73.6 Å².